The first-order valence-electron chi connectivity index (χ1n) is 9.07. The van der Waals surface area contributed by atoms with Gasteiger partial charge >= 0.3 is 0 Å². The second-order valence-electron chi connectivity index (χ2n) is 6.41. The van der Waals surface area contributed by atoms with Crippen molar-refractivity contribution in [3.63, 3.8) is 0 Å². The highest BCUT2D eigenvalue weighted by Crippen LogP contribution is 2.32. The number of amidine groups is 1. The van der Waals surface area contributed by atoms with Crippen LogP contribution in [0.25, 0.3) is 0 Å². The van der Waals surface area contributed by atoms with E-state index in [0.29, 0.717) is 16.3 Å². The van der Waals surface area contributed by atoms with Gasteiger partial charge in [-0.1, -0.05) is 48.2 Å². The minimum Gasteiger partial charge on any atom is -0.285 e. The lowest BCUT2D eigenvalue weighted by Gasteiger charge is -2.12. The predicted molar refractivity (Wildman–Crippen MR) is 118 cm³/mol. The largest absolute Gasteiger partial charge is 0.285 e. The lowest BCUT2D eigenvalue weighted by molar-refractivity contribution is -0.385. The van der Waals surface area contributed by atoms with Gasteiger partial charge in [0.1, 0.15) is 0 Å². The molecular formula is C20H17N5O5S. The summed E-state index contributed by atoms with van der Waals surface area (Å²) < 4.78 is 0. The molecule has 2 aromatic carbocycles. The zero-order chi connectivity index (χ0) is 22.4. The Hall–Kier alpha value is -3.86. The van der Waals surface area contributed by atoms with Gasteiger partial charge in [0.05, 0.1) is 21.3 Å². The lowest BCUT2D eigenvalue weighted by Crippen LogP contribution is -2.32. The van der Waals surface area contributed by atoms with E-state index in [-0.39, 0.29) is 30.2 Å². The quantitative estimate of drug-likeness (QED) is 0.267. The summed E-state index contributed by atoms with van der Waals surface area (Å²) in [5, 5.41) is 29.9. The van der Waals surface area contributed by atoms with Crippen LogP contribution in [0.15, 0.2) is 71.4 Å². The Balaban J connectivity index is 1.81. The average Bonchev–Trinajstić information content (AvgIpc) is 3.03. The smallest absolute Gasteiger partial charge is 0.272 e. The number of para-hydroxylation sites is 1. The van der Waals surface area contributed by atoms with E-state index in [0.717, 1.165) is 11.8 Å². The van der Waals surface area contributed by atoms with Crippen LogP contribution in [0.1, 0.15) is 11.1 Å². The number of hydrogen-bond donors (Lipinski definition) is 0. The number of nitro benzene ring substituents is 2. The third kappa shape index (κ3) is 5.20. The zero-order valence-corrected chi connectivity index (χ0v) is 17.0. The molecule has 0 aromatic heterocycles. The van der Waals surface area contributed by atoms with Crippen molar-refractivity contribution >= 4 is 40.4 Å². The number of nitro groups is 2. The molecule has 1 aliphatic rings. The average molecular weight is 439 g/mol. The summed E-state index contributed by atoms with van der Waals surface area (Å²) in [4.78, 5) is 35.4. The van der Waals surface area contributed by atoms with E-state index >= 15 is 0 Å². The first-order chi connectivity index (χ1) is 14.9. The lowest BCUT2D eigenvalue weighted by atomic mass is 10.1. The number of non-ortho nitro benzene ring substituents is 1. The molecule has 31 heavy (non-hydrogen) atoms. The summed E-state index contributed by atoms with van der Waals surface area (Å²) in [5.41, 5.74) is 0.831. The van der Waals surface area contributed by atoms with Crippen molar-refractivity contribution in [2.75, 3.05) is 6.54 Å². The fourth-order valence-corrected chi connectivity index (χ4v) is 4.07. The molecule has 158 valence electrons. The van der Waals surface area contributed by atoms with E-state index in [1.54, 1.807) is 30.3 Å². The number of rotatable bonds is 8. The molecule has 1 atom stereocenters. The van der Waals surface area contributed by atoms with Gasteiger partial charge in [-0.3, -0.25) is 29.9 Å². The van der Waals surface area contributed by atoms with Gasteiger partial charge in [-0.25, -0.2) is 0 Å². The molecule has 1 unspecified atom stereocenters. The fraction of sp³-hybridized carbons (Fsp3) is 0.150. The van der Waals surface area contributed by atoms with Crippen molar-refractivity contribution in [3.8, 4) is 0 Å². The highest BCUT2D eigenvalue weighted by Gasteiger charge is 2.38. The minimum absolute atomic E-state index is 0.0414. The second kappa shape index (κ2) is 9.76. The van der Waals surface area contributed by atoms with Crippen LogP contribution in [0.4, 0.5) is 11.4 Å². The second-order valence-corrected chi connectivity index (χ2v) is 7.58. The van der Waals surface area contributed by atoms with Crippen LogP contribution in [0.2, 0.25) is 0 Å². The third-order valence-corrected chi connectivity index (χ3v) is 5.52. The molecule has 10 nitrogen and oxygen atoms in total. The molecule has 1 fully saturated rings. The maximum absolute atomic E-state index is 12.8. The van der Waals surface area contributed by atoms with E-state index < -0.39 is 15.1 Å². The van der Waals surface area contributed by atoms with Crippen LogP contribution in [0, 0.1) is 20.2 Å². The number of carbonyl (C=O) groups excluding carboxylic acids is 1. The van der Waals surface area contributed by atoms with Crippen molar-refractivity contribution in [3.05, 3.63) is 92.5 Å². The molecule has 0 radical (unpaired) electrons. The van der Waals surface area contributed by atoms with Gasteiger partial charge in [-0.05, 0) is 0 Å². The Bertz CT molecular complexity index is 1100. The van der Waals surface area contributed by atoms with E-state index in [4.69, 9.17) is 0 Å². The maximum atomic E-state index is 12.8. The summed E-state index contributed by atoms with van der Waals surface area (Å²) in [6, 6.07) is 12.2. The van der Waals surface area contributed by atoms with Crippen LogP contribution in [-0.4, -0.2) is 43.8 Å². The number of amides is 1. The first-order valence-corrected chi connectivity index (χ1v) is 9.95. The zero-order valence-electron chi connectivity index (χ0n) is 16.2. The van der Waals surface area contributed by atoms with Crippen molar-refractivity contribution in [2.45, 2.75) is 11.7 Å². The van der Waals surface area contributed by atoms with Crippen molar-refractivity contribution in [1.82, 2.24) is 4.90 Å². The van der Waals surface area contributed by atoms with Gasteiger partial charge in [0.15, 0.2) is 5.17 Å². The van der Waals surface area contributed by atoms with Crippen molar-refractivity contribution in [1.29, 1.82) is 0 Å². The molecule has 0 N–H and O–H groups in total. The van der Waals surface area contributed by atoms with Gasteiger partial charge in [-0.15, -0.1) is 11.7 Å². The van der Waals surface area contributed by atoms with Crippen molar-refractivity contribution < 1.29 is 14.6 Å². The van der Waals surface area contributed by atoms with Crippen molar-refractivity contribution in [2.24, 2.45) is 10.2 Å². The topological polar surface area (TPSA) is 131 Å². The Morgan fingerprint density at radius 3 is 2.61 bits per heavy atom. The monoisotopic (exact) mass is 439 g/mol. The van der Waals surface area contributed by atoms with Crippen LogP contribution >= 0.6 is 11.8 Å². The normalized spacial score (nSPS) is 17.4. The molecular weight excluding hydrogens is 422 g/mol. The molecule has 0 aliphatic carbocycles. The minimum atomic E-state index is -0.590. The molecule has 2 aromatic rings. The molecule has 0 spiro atoms. The van der Waals surface area contributed by atoms with E-state index in [9.17, 15) is 25.0 Å². The van der Waals surface area contributed by atoms with Gasteiger partial charge in [0.25, 0.3) is 11.4 Å². The van der Waals surface area contributed by atoms with Crippen LogP contribution < -0.4 is 0 Å². The first kappa shape index (κ1) is 21.8. The number of hydrogen-bond acceptors (Lipinski definition) is 8. The van der Waals surface area contributed by atoms with E-state index in [2.05, 4.69) is 16.8 Å². The number of carbonyl (C=O) groups is 1. The number of thioether (sulfide) groups is 1. The molecule has 3 rings (SSSR count). The molecule has 1 amide bonds. The number of benzene rings is 2. The van der Waals surface area contributed by atoms with E-state index in [1.165, 1.54) is 35.4 Å². The third-order valence-electron chi connectivity index (χ3n) is 4.36. The molecule has 0 saturated carbocycles. The fourth-order valence-electron chi connectivity index (χ4n) is 2.94. The summed E-state index contributed by atoms with van der Waals surface area (Å²) in [5.74, 6) is -0.243. The summed E-state index contributed by atoms with van der Waals surface area (Å²) >= 11 is 1.16. The molecule has 1 aliphatic heterocycles. The highest BCUT2D eigenvalue weighted by molar-refractivity contribution is 8.15. The SMILES string of the molecule is C=CCN1C(=O)C(Cc2ccccc2[N+](=O)[O-])S/C1=N/N=C/c1cccc([N+](=O)[O-])c1. The van der Waals surface area contributed by atoms with Gasteiger partial charge in [0, 0.05) is 42.3 Å². The Kier molecular flexibility index (Phi) is 6.88. The molecule has 1 heterocycles. The summed E-state index contributed by atoms with van der Waals surface area (Å²) in [6.07, 6.45) is 3.07. The highest BCUT2D eigenvalue weighted by atomic mass is 32.2. The predicted octanol–water partition coefficient (Wildman–Crippen LogP) is 3.57. The summed E-state index contributed by atoms with van der Waals surface area (Å²) in [7, 11) is 0. The standard InChI is InChI=1S/C20H17N5O5S/c1-2-10-23-19(26)18(12-15-7-3-4-9-17(15)25(29)30)31-20(23)22-21-13-14-6-5-8-16(11-14)24(27)28/h2-9,11,13,18H,1,10,12H2/b21-13+,22-20+. The molecule has 1 saturated heterocycles. The van der Waals surface area contributed by atoms with Crippen LogP contribution in [0.5, 0.6) is 0 Å². The summed E-state index contributed by atoms with van der Waals surface area (Å²) in [6.45, 7) is 3.86. The van der Waals surface area contributed by atoms with Crippen LogP contribution in [-0.2, 0) is 11.2 Å². The van der Waals surface area contributed by atoms with Gasteiger partial charge in [-0.2, -0.15) is 5.10 Å². The Morgan fingerprint density at radius 2 is 1.90 bits per heavy atom. The number of nitrogens with zero attached hydrogens (tertiary/aromatic N) is 5. The Labute approximate surface area is 181 Å². The van der Waals surface area contributed by atoms with E-state index in [1.807, 2.05) is 0 Å². The Morgan fingerprint density at radius 1 is 1.13 bits per heavy atom. The maximum Gasteiger partial charge on any atom is 0.272 e. The molecule has 0 bridgehead atoms. The molecule has 11 heteroatoms. The van der Waals surface area contributed by atoms with Gasteiger partial charge in [0.2, 0.25) is 5.91 Å². The van der Waals surface area contributed by atoms with Crippen LogP contribution in [0.3, 0.4) is 0 Å². The van der Waals surface area contributed by atoms with Gasteiger partial charge < -0.3 is 0 Å².